The van der Waals surface area contributed by atoms with Crippen molar-refractivity contribution in [1.29, 1.82) is 0 Å². The maximum Gasteiger partial charge on any atom is 0.104 e. The quantitative estimate of drug-likeness (QED) is 0.361. The largest absolute Gasteiger partial charge is 0.392 e. The second kappa shape index (κ2) is 5.02. The van der Waals surface area contributed by atoms with Crippen LogP contribution in [0.4, 0.5) is 0 Å². The van der Waals surface area contributed by atoms with Gasteiger partial charge in [-0.2, -0.15) is 0 Å². The van der Waals surface area contributed by atoms with Crippen LogP contribution in [-0.2, 0) is 0 Å². The molecule has 4 rings (SSSR count). The zero-order chi connectivity index (χ0) is 19.5. The van der Waals surface area contributed by atoms with Gasteiger partial charge in [0.05, 0.1) is 29.0 Å². The van der Waals surface area contributed by atoms with Gasteiger partial charge in [0.15, 0.2) is 0 Å². The number of hydrogen-bond donors (Lipinski definition) is 6. The van der Waals surface area contributed by atoms with Crippen molar-refractivity contribution in [2.24, 2.45) is 29.1 Å². The average Bonchev–Trinajstić information content (AvgIpc) is 3.08. The number of fused-ring (bicyclic) bond motifs is 1. The highest BCUT2D eigenvalue weighted by Gasteiger charge is 2.74. The van der Waals surface area contributed by atoms with E-state index in [0.717, 1.165) is 0 Å². The Kier molecular flexibility index (Phi) is 3.69. The van der Waals surface area contributed by atoms with Crippen LogP contribution in [-0.4, -0.2) is 65.3 Å². The fraction of sp³-hybridized carbons (Fsp3) is 1.00. The van der Waals surface area contributed by atoms with Gasteiger partial charge in [-0.1, -0.05) is 13.8 Å². The second-order valence-corrected chi connectivity index (χ2v) is 10.8. The van der Waals surface area contributed by atoms with E-state index in [-0.39, 0.29) is 37.0 Å². The van der Waals surface area contributed by atoms with Crippen LogP contribution in [0.5, 0.6) is 0 Å². The second-order valence-electron chi connectivity index (χ2n) is 10.8. The number of hydrogen-bond acceptors (Lipinski definition) is 6. The third kappa shape index (κ3) is 1.98. The van der Waals surface area contributed by atoms with Crippen LogP contribution in [0, 0.1) is 29.1 Å². The molecular weight excluding hydrogens is 336 g/mol. The van der Waals surface area contributed by atoms with E-state index in [2.05, 4.69) is 0 Å². The van der Waals surface area contributed by atoms with Crippen molar-refractivity contribution in [3.8, 4) is 0 Å². The summed E-state index contributed by atoms with van der Waals surface area (Å²) in [5.74, 6) is -1.46. The average molecular weight is 370 g/mol. The topological polar surface area (TPSA) is 121 Å². The van der Waals surface area contributed by atoms with E-state index in [1.807, 2.05) is 0 Å². The van der Waals surface area contributed by atoms with Crippen LogP contribution in [0.25, 0.3) is 0 Å². The Hall–Kier alpha value is -0.240. The van der Waals surface area contributed by atoms with Crippen molar-refractivity contribution in [2.45, 2.75) is 94.4 Å². The van der Waals surface area contributed by atoms with E-state index in [0.29, 0.717) is 12.8 Å². The van der Waals surface area contributed by atoms with E-state index in [1.165, 1.54) is 0 Å². The molecule has 0 aromatic carbocycles. The minimum absolute atomic E-state index is 0.0555. The predicted molar refractivity (Wildman–Crippen MR) is 94.0 cm³/mol. The first kappa shape index (κ1) is 19.1. The molecule has 0 aromatic heterocycles. The van der Waals surface area contributed by atoms with E-state index in [4.69, 9.17) is 0 Å². The van der Waals surface area contributed by atoms with Gasteiger partial charge in [0.25, 0.3) is 0 Å². The molecule has 2 unspecified atom stereocenters. The standard InChI is InChI=1S/C20H34O6/c1-16(2)13(21)7-12-18(4,24)11-6-5-10-15(11)19(25,9-17(10,3)23)8-14(22)20(12,16)26/h10-15,21-26H,5-9H2,1-4H3/t10?,11-,12+,13+,14-,15?,17-,18-,19+,20+/m1/s1. The van der Waals surface area contributed by atoms with Crippen LogP contribution in [0.3, 0.4) is 0 Å². The molecule has 0 spiro atoms. The highest BCUT2D eigenvalue weighted by molar-refractivity contribution is 5.24. The third-order valence-corrected chi connectivity index (χ3v) is 9.11. The highest BCUT2D eigenvalue weighted by Crippen LogP contribution is 2.67. The first-order valence-electron chi connectivity index (χ1n) is 9.95. The van der Waals surface area contributed by atoms with E-state index < -0.39 is 45.9 Å². The van der Waals surface area contributed by atoms with Crippen LogP contribution in [0.1, 0.15) is 59.8 Å². The Labute approximate surface area is 154 Å². The summed E-state index contributed by atoms with van der Waals surface area (Å²) in [6.07, 6.45) is -0.522. The van der Waals surface area contributed by atoms with Gasteiger partial charge in [0, 0.05) is 24.2 Å². The molecule has 6 heteroatoms. The molecule has 4 aliphatic rings. The summed E-state index contributed by atoms with van der Waals surface area (Å²) >= 11 is 0. The van der Waals surface area contributed by atoms with Crippen LogP contribution < -0.4 is 0 Å². The fourth-order valence-electron chi connectivity index (χ4n) is 7.69. The monoisotopic (exact) mass is 370 g/mol. The molecule has 6 N–H and O–H groups in total. The lowest BCUT2D eigenvalue weighted by molar-refractivity contribution is -0.247. The molecule has 4 saturated carbocycles. The molecule has 0 aromatic rings. The summed E-state index contributed by atoms with van der Waals surface area (Å²) in [6.45, 7) is 6.83. The molecule has 0 saturated heterocycles. The molecule has 4 aliphatic carbocycles. The molecular formula is C20H34O6. The minimum atomic E-state index is -1.72. The Morgan fingerprint density at radius 3 is 2.00 bits per heavy atom. The van der Waals surface area contributed by atoms with Crippen molar-refractivity contribution >= 4 is 0 Å². The molecule has 0 aliphatic heterocycles. The molecule has 0 bridgehead atoms. The molecule has 0 heterocycles. The molecule has 0 radical (unpaired) electrons. The molecule has 150 valence electrons. The van der Waals surface area contributed by atoms with Crippen molar-refractivity contribution in [2.75, 3.05) is 0 Å². The van der Waals surface area contributed by atoms with Gasteiger partial charge in [-0.25, -0.2) is 0 Å². The zero-order valence-electron chi connectivity index (χ0n) is 16.2. The van der Waals surface area contributed by atoms with Gasteiger partial charge < -0.3 is 30.6 Å². The van der Waals surface area contributed by atoms with Crippen molar-refractivity contribution in [3.05, 3.63) is 0 Å². The lowest BCUT2D eigenvalue weighted by Crippen LogP contribution is -2.67. The molecule has 0 amide bonds. The third-order valence-electron chi connectivity index (χ3n) is 9.11. The lowest BCUT2D eigenvalue weighted by Gasteiger charge is -2.55. The number of rotatable bonds is 0. The van der Waals surface area contributed by atoms with Crippen molar-refractivity contribution < 1.29 is 30.6 Å². The summed E-state index contributed by atoms with van der Waals surface area (Å²) in [4.78, 5) is 0. The van der Waals surface area contributed by atoms with E-state index in [1.54, 1.807) is 27.7 Å². The number of aliphatic hydroxyl groups excluding tert-OH is 2. The molecule has 6 nitrogen and oxygen atoms in total. The maximum absolute atomic E-state index is 11.7. The van der Waals surface area contributed by atoms with Gasteiger partial charge >= 0.3 is 0 Å². The Morgan fingerprint density at radius 1 is 0.808 bits per heavy atom. The molecule has 10 atom stereocenters. The summed E-state index contributed by atoms with van der Waals surface area (Å²) in [7, 11) is 0. The van der Waals surface area contributed by atoms with Gasteiger partial charge in [0.2, 0.25) is 0 Å². The summed E-state index contributed by atoms with van der Waals surface area (Å²) in [6, 6.07) is 0. The van der Waals surface area contributed by atoms with Crippen LogP contribution >= 0.6 is 0 Å². The van der Waals surface area contributed by atoms with Crippen molar-refractivity contribution in [3.63, 3.8) is 0 Å². The SMILES string of the molecule is CC1(C)[C@@H](O)C[C@H]2[C@](C)(O)[C@@H]3CCC4C3[C@](O)(C[C@@H](O)[C@@]21O)C[C@@]4(C)O. The van der Waals surface area contributed by atoms with E-state index >= 15 is 0 Å². The predicted octanol–water partition coefficient (Wildman–Crippen LogP) is 0.168. The lowest BCUT2D eigenvalue weighted by atomic mass is 9.56. The first-order valence-corrected chi connectivity index (χ1v) is 9.95. The molecule has 26 heavy (non-hydrogen) atoms. The number of aliphatic hydroxyl groups is 6. The fourth-order valence-corrected chi connectivity index (χ4v) is 7.69. The van der Waals surface area contributed by atoms with Gasteiger partial charge in [-0.15, -0.1) is 0 Å². The van der Waals surface area contributed by atoms with Gasteiger partial charge in [-0.3, -0.25) is 0 Å². The first-order chi connectivity index (χ1) is 11.7. The smallest absolute Gasteiger partial charge is 0.104 e. The normalized spacial score (nSPS) is 63.9. The Balaban J connectivity index is 1.89. The Bertz CT molecular complexity index is 615. The summed E-state index contributed by atoms with van der Waals surface area (Å²) in [5, 5.41) is 67.4. The van der Waals surface area contributed by atoms with Crippen LogP contribution in [0.2, 0.25) is 0 Å². The van der Waals surface area contributed by atoms with Gasteiger partial charge in [0.1, 0.15) is 5.60 Å². The van der Waals surface area contributed by atoms with Crippen LogP contribution in [0.15, 0.2) is 0 Å². The maximum atomic E-state index is 11.7. The highest BCUT2D eigenvalue weighted by atomic mass is 16.4. The van der Waals surface area contributed by atoms with Crippen molar-refractivity contribution in [1.82, 2.24) is 0 Å². The van der Waals surface area contributed by atoms with Gasteiger partial charge in [-0.05, 0) is 50.9 Å². The minimum Gasteiger partial charge on any atom is -0.392 e. The summed E-state index contributed by atoms with van der Waals surface area (Å²) < 4.78 is 0. The Morgan fingerprint density at radius 2 is 1.38 bits per heavy atom. The zero-order valence-corrected chi connectivity index (χ0v) is 16.2. The van der Waals surface area contributed by atoms with E-state index in [9.17, 15) is 30.6 Å². The summed E-state index contributed by atoms with van der Waals surface area (Å²) in [5.41, 5.74) is -6.50. The molecule has 4 fully saturated rings.